The maximum absolute atomic E-state index is 15.0. The third kappa shape index (κ3) is 6.14. The number of unbranched alkanes of at least 4 members (excludes halogenated alkanes) is 1. The SMILES string of the molecule is CCCCC1(CC)CN(c2ccccc2)c2cc(S(C)(=O)=O)c(C(=O)OC)cc2S(=O)(=O)N1B(C)Cc1ccccc1. The average molecular weight is 611 g/mol. The number of ether oxygens (including phenoxy) is 1. The predicted molar refractivity (Wildman–Crippen MR) is 168 cm³/mol. The highest BCUT2D eigenvalue weighted by Gasteiger charge is 2.51. The van der Waals surface area contributed by atoms with Gasteiger partial charge >= 0.3 is 5.97 Å². The largest absolute Gasteiger partial charge is 0.465 e. The number of hydrogen-bond donors (Lipinski definition) is 0. The van der Waals surface area contributed by atoms with Crippen LogP contribution in [0.5, 0.6) is 0 Å². The molecule has 0 aromatic heterocycles. The Morgan fingerprint density at radius 1 is 1.02 bits per heavy atom. The highest BCUT2D eigenvalue weighted by molar-refractivity contribution is 7.91. The summed E-state index contributed by atoms with van der Waals surface area (Å²) < 4.78 is 62.5. The third-order valence-electron chi connectivity index (χ3n) is 8.11. The molecule has 3 aromatic rings. The Morgan fingerprint density at radius 3 is 2.19 bits per heavy atom. The van der Waals surface area contributed by atoms with E-state index in [0.29, 0.717) is 25.7 Å². The van der Waals surface area contributed by atoms with Crippen LogP contribution < -0.4 is 4.90 Å². The lowest BCUT2D eigenvalue weighted by molar-refractivity contribution is 0.0596. The molecular weight excluding hydrogens is 571 g/mol. The molecule has 0 fully saturated rings. The standard InChI is InChI=1S/C31H39BN2O6S2/c1-6-8-19-31(7-2)23-33(25-17-13-10-14-18-25)27-21-28(41(5,36)37)26(30(35)40-4)20-29(27)42(38,39)34(31)32(3)22-24-15-11-9-12-16-24/h9-18,20-21H,6-8,19,22-23H2,1-5H3. The summed E-state index contributed by atoms with van der Waals surface area (Å²) in [7, 11) is -7.05. The molecule has 0 saturated heterocycles. The first kappa shape index (κ1) is 31.8. The maximum Gasteiger partial charge on any atom is 0.339 e. The second kappa shape index (κ2) is 12.6. The number of para-hydroxylation sites is 1. The van der Waals surface area contributed by atoms with Gasteiger partial charge in [0.1, 0.15) is 4.90 Å². The van der Waals surface area contributed by atoms with Crippen molar-refractivity contribution in [1.82, 2.24) is 4.22 Å². The molecule has 0 aliphatic carbocycles. The Kier molecular flexibility index (Phi) is 9.54. The molecule has 1 atom stereocenters. The molecule has 0 radical (unpaired) electrons. The zero-order chi connectivity index (χ0) is 30.7. The number of esters is 1. The lowest BCUT2D eigenvalue weighted by Gasteiger charge is -2.46. The fourth-order valence-corrected chi connectivity index (χ4v) is 9.19. The van der Waals surface area contributed by atoms with Crippen LogP contribution in [0.3, 0.4) is 0 Å². The lowest BCUT2D eigenvalue weighted by atomic mass is 9.57. The molecule has 0 N–H and O–H groups in total. The highest BCUT2D eigenvalue weighted by Crippen LogP contribution is 2.46. The molecule has 0 bridgehead atoms. The Labute approximate surface area is 250 Å². The van der Waals surface area contributed by atoms with Gasteiger partial charge in [0.05, 0.1) is 23.3 Å². The van der Waals surface area contributed by atoms with Crippen molar-refractivity contribution in [3.8, 4) is 0 Å². The van der Waals surface area contributed by atoms with Gasteiger partial charge in [-0.3, -0.25) is 0 Å². The van der Waals surface area contributed by atoms with E-state index in [4.69, 9.17) is 4.74 Å². The van der Waals surface area contributed by atoms with E-state index >= 15 is 0 Å². The molecule has 42 heavy (non-hydrogen) atoms. The van der Waals surface area contributed by atoms with Crippen molar-refractivity contribution in [2.75, 3.05) is 24.8 Å². The number of rotatable bonds is 10. The van der Waals surface area contributed by atoms with Crippen LogP contribution in [0.4, 0.5) is 11.4 Å². The molecule has 0 saturated carbocycles. The van der Waals surface area contributed by atoms with Crippen molar-refractivity contribution in [3.63, 3.8) is 0 Å². The number of carbonyl (C=O) groups is 1. The minimum Gasteiger partial charge on any atom is -0.465 e. The third-order valence-corrected chi connectivity index (χ3v) is 11.4. The van der Waals surface area contributed by atoms with Gasteiger partial charge in [0, 0.05) is 24.0 Å². The van der Waals surface area contributed by atoms with Gasteiger partial charge in [-0.2, -0.15) is 0 Å². The topological polar surface area (TPSA) is 101 Å². The van der Waals surface area contributed by atoms with Crippen LogP contribution in [0.1, 0.15) is 55.5 Å². The Hall–Kier alpha value is -3.15. The predicted octanol–water partition coefficient (Wildman–Crippen LogP) is 5.76. The summed E-state index contributed by atoms with van der Waals surface area (Å²) in [6.07, 6.45) is 4.32. The number of sulfone groups is 1. The van der Waals surface area contributed by atoms with Crippen molar-refractivity contribution >= 4 is 44.1 Å². The maximum atomic E-state index is 15.0. The Morgan fingerprint density at radius 2 is 1.64 bits per heavy atom. The average Bonchev–Trinajstić information content (AvgIpc) is 3.05. The molecule has 8 nitrogen and oxygen atoms in total. The van der Waals surface area contributed by atoms with Gasteiger partial charge in [-0.15, -0.1) is 0 Å². The zero-order valence-corrected chi connectivity index (χ0v) is 26.5. The van der Waals surface area contributed by atoms with Crippen molar-refractivity contribution in [1.29, 1.82) is 0 Å². The number of sulfonamides is 1. The second-order valence-corrected chi connectivity index (χ2v) is 14.8. The summed E-state index contributed by atoms with van der Waals surface area (Å²) in [5, 5.41) is 0. The molecule has 4 rings (SSSR count). The molecule has 11 heteroatoms. The monoisotopic (exact) mass is 610 g/mol. The first-order valence-corrected chi connectivity index (χ1v) is 17.6. The summed E-state index contributed by atoms with van der Waals surface area (Å²) in [6, 6.07) is 21.7. The van der Waals surface area contributed by atoms with Crippen LogP contribution in [0, 0.1) is 0 Å². The molecule has 224 valence electrons. The van der Waals surface area contributed by atoms with E-state index in [0.717, 1.165) is 37.5 Å². The van der Waals surface area contributed by atoms with Crippen LogP contribution in [-0.2, 0) is 30.9 Å². The van der Waals surface area contributed by atoms with Crippen LogP contribution in [0.25, 0.3) is 0 Å². The van der Waals surface area contributed by atoms with Crippen LogP contribution in [-0.4, -0.2) is 59.3 Å². The van der Waals surface area contributed by atoms with E-state index in [1.54, 1.807) is 4.22 Å². The van der Waals surface area contributed by atoms with E-state index in [1.807, 2.05) is 79.3 Å². The van der Waals surface area contributed by atoms with Crippen molar-refractivity contribution in [3.05, 3.63) is 83.9 Å². The number of fused-ring (bicyclic) bond motifs is 1. The molecule has 1 aliphatic heterocycles. The number of benzene rings is 3. The number of carbonyl (C=O) groups excluding carboxylic acids is 1. The quantitative estimate of drug-likeness (QED) is 0.213. The van der Waals surface area contributed by atoms with E-state index in [9.17, 15) is 21.6 Å². The van der Waals surface area contributed by atoms with Gasteiger partial charge in [0.25, 0.3) is 0 Å². The summed E-state index contributed by atoms with van der Waals surface area (Å²) in [4.78, 5) is 14.4. The lowest BCUT2D eigenvalue weighted by Crippen LogP contribution is -2.60. The van der Waals surface area contributed by atoms with Crippen LogP contribution in [0.15, 0.2) is 82.6 Å². The number of anilines is 2. The molecule has 1 heterocycles. The van der Waals surface area contributed by atoms with E-state index < -0.39 is 38.2 Å². The van der Waals surface area contributed by atoms with E-state index in [-0.39, 0.29) is 21.0 Å². The Balaban J connectivity index is 2.09. The van der Waals surface area contributed by atoms with Crippen molar-refractivity contribution in [2.24, 2.45) is 0 Å². The number of methoxy groups -OCH3 is 1. The summed E-state index contributed by atoms with van der Waals surface area (Å²) in [6.45, 7) is 5.88. The summed E-state index contributed by atoms with van der Waals surface area (Å²) in [5.41, 5.74) is 0.828. The Bertz CT molecular complexity index is 1630. The second-order valence-electron chi connectivity index (χ2n) is 11.0. The molecule has 3 aromatic carbocycles. The number of hydrogen-bond acceptors (Lipinski definition) is 7. The fourth-order valence-electron chi connectivity index (χ4n) is 6.07. The summed E-state index contributed by atoms with van der Waals surface area (Å²) in [5.74, 6) is -0.916. The minimum absolute atomic E-state index is 0.120. The van der Waals surface area contributed by atoms with Gasteiger partial charge in [0.2, 0.25) is 16.9 Å². The molecule has 0 spiro atoms. The van der Waals surface area contributed by atoms with E-state index in [2.05, 4.69) is 6.92 Å². The summed E-state index contributed by atoms with van der Waals surface area (Å²) >= 11 is 0. The highest BCUT2D eigenvalue weighted by atomic mass is 32.2. The van der Waals surface area contributed by atoms with E-state index in [1.165, 1.54) is 12.1 Å². The van der Waals surface area contributed by atoms with Crippen molar-refractivity contribution in [2.45, 2.75) is 68.0 Å². The van der Waals surface area contributed by atoms with Crippen LogP contribution in [0.2, 0.25) is 6.82 Å². The molecule has 1 unspecified atom stereocenters. The molecule has 1 aliphatic rings. The van der Waals surface area contributed by atoms with Gasteiger partial charge in [0.15, 0.2) is 9.84 Å². The van der Waals surface area contributed by atoms with Gasteiger partial charge in [-0.05, 0) is 43.4 Å². The van der Waals surface area contributed by atoms with Gasteiger partial charge in [-0.1, -0.05) is 87.6 Å². The zero-order valence-electron chi connectivity index (χ0n) is 24.9. The molecule has 0 amide bonds. The first-order valence-electron chi connectivity index (χ1n) is 14.3. The van der Waals surface area contributed by atoms with Gasteiger partial charge in [-0.25, -0.2) is 25.8 Å². The van der Waals surface area contributed by atoms with Crippen LogP contribution >= 0.6 is 0 Å². The smallest absolute Gasteiger partial charge is 0.339 e. The fraction of sp³-hybridized carbons (Fsp3) is 0.387. The normalized spacial score (nSPS) is 18.6. The van der Waals surface area contributed by atoms with Gasteiger partial charge < -0.3 is 9.64 Å². The van der Waals surface area contributed by atoms with Crippen molar-refractivity contribution < 1.29 is 26.4 Å². The molecular formula is C31H39BN2O6S2. The first-order chi connectivity index (χ1) is 19.9. The minimum atomic E-state index is -4.27. The number of nitrogens with zero attached hydrogens (tertiary/aromatic N) is 2.